The minimum absolute atomic E-state index is 0.123. The van der Waals surface area contributed by atoms with Gasteiger partial charge in [-0.15, -0.1) is 0 Å². The number of Topliss-reactive ketones (excluding diaryl/α,β-unsaturated/α-hetero) is 1. The molecular formula is C9H9BrO2S. The van der Waals surface area contributed by atoms with E-state index in [9.17, 15) is 4.79 Å². The smallest absolute Gasteiger partial charge is 0.210 e. The van der Waals surface area contributed by atoms with Crippen molar-refractivity contribution >= 4 is 33.5 Å². The van der Waals surface area contributed by atoms with Gasteiger partial charge in [0.15, 0.2) is 10.4 Å². The lowest BCUT2D eigenvalue weighted by molar-refractivity contribution is 0.0960. The molecule has 2 rings (SSSR count). The van der Waals surface area contributed by atoms with E-state index < -0.39 is 0 Å². The van der Waals surface area contributed by atoms with Gasteiger partial charge in [0.05, 0.1) is 5.25 Å². The zero-order chi connectivity index (χ0) is 9.26. The Labute approximate surface area is 89.2 Å². The van der Waals surface area contributed by atoms with Crippen molar-refractivity contribution in [2.45, 2.75) is 18.1 Å². The van der Waals surface area contributed by atoms with Crippen molar-refractivity contribution in [2.24, 2.45) is 0 Å². The fourth-order valence-corrected chi connectivity index (χ4v) is 2.92. The van der Waals surface area contributed by atoms with Crippen LogP contribution in [0.5, 0.6) is 0 Å². The van der Waals surface area contributed by atoms with E-state index in [0.29, 0.717) is 10.4 Å². The highest BCUT2D eigenvalue weighted by Gasteiger charge is 2.26. The molecule has 1 aromatic heterocycles. The summed E-state index contributed by atoms with van der Waals surface area (Å²) in [5.41, 5.74) is 0. The number of rotatable bonds is 2. The first kappa shape index (κ1) is 9.34. The van der Waals surface area contributed by atoms with E-state index in [2.05, 4.69) is 15.9 Å². The standard InChI is InChI=1S/C9H9BrO2S/c10-8-4-3-6(12-8)9(11)7-2-1-5-13-7/h3-4,7H,1-2,5H2. The number of carbonyl (C=O) groups is 1. The summed E-state index contributed by atoms with van der Waals surface area (Å²) in [6.45, 7) is 0. The van der Waals surface area contributed by atoms with Gasteiger partial charge in [0, 0.05) is 0 Å². The van der Waals surface area contributed by atoms with E-state index in [1.165, 1.54) is 0 Å². The van der Waals surface area contributed by atoms with Crippen molar-refractivity contribution in [2.75, 3.05) is 5.75 Å². The molecule has 0 N–H and O–H groups in total. The predicted octanol–water partition coefficient (Wildman–Crippen LogP) is 3.12. The Kier molecular flexibility index (Phi) is 2.79. The zero-order valence-corrected chi connectivity index (χ0v) is 9.36. The molecule has 0 amide bonds. The van der Waals surface area contributed by atoms with Crippen molar-refractivity contribution in [1.29, 1.82) is 0 Å². The molecule has 1 atom stereocenters. The molecule has 0 spiro atoms. The van der Waals surface area contributed by atoms with Gasteiger partial charge in [-0.05, 0) is 46.7 Å². The molecule has 1 saturated heterocycles. The van der Waals surface area contributed by atoms with Crippen molar-refractivity contribution in [3.8, 4) is 0 Å². The number of hydrogen-bond donors (Lipinski definition) is 0. The minimum atomic E-state index is 0.123. The molecule has 1 unspecified atom stereocenters. The van der Waals surface area contributed by atoms with Gasteiger partial charge in [-0.1, -0.05) is 0 Å². The lowest BCUT2D eigenvalue weighted by atomic mass is 10.1. The molecule has 13 heavy (non-hydrogen) atoms. The molecule has 1 fully saturated rings. The molecule has 70 valence electrons. The Hall–Kier alpha value is -0.220. The number of hydrogen-bond acceptors (Lipinski definition) is 3. The van der Waals surface area contributed by atoms with Gasteiger partial charge in [0.1, 0.15) is 0 Å². The predicted molar refractivity (Wildman–Crippen MR) is 56.2 cm³/mol. The maximum Gasteiger partial charge on any atom is 0.210 e. The highest BCUT2D eigenvalue weighted by atomic mass is 79.9. The second-order valence-corrected chi connectivity index (χ2v) is 5.06. The van der Waals surface area contributed by atoms with E-state index in [4.69, 9.17) is 4.42 Å². The van der Waals surface area contributed by atoms with E-state index in [-0.39, 0.29) is 11.0 Å². The molecule has 1 aliphatic rings. The lowest BCUT2D eigenvalue weighted by Crippen LogP contribution is -2.12. The first-order valence-corrected chi connectivity index (χ1v) is 6.03. The number of thioether (sulfide) groups is 1. The largest absolute Gasteiger partial charge is 0.446 e. The second kappa shape index (κ2) is 3.88. The molecule has 2 nitrogen and oxygen atoms in total. The summed E-state index contributed by atoms with van der Waals surface area (Å²) < 4.78 is 5.84. The molecule has 0 aromatic carbocycles. The highest BCUT2D eigenvalue weighted by Crippen LogP contribution is 2.29. The first-order valence-electron chi connectivity index (χ1n) is 4.18. The van der Waals surface area contributed by atoms with Crippen LogP contribution in [0.25, 0.3) is 0 Å². The third kappa shape index (κ3) is 1.99. The summed E-state index contributed by atoms with van der Waals surface area (Å²) in [5, 5.41) is 0.123. The molecular weight excluding hydrogens is 252 g/mol. The van der Waals surface area contributed by atoms with Gasteiger partial charge >= 0.3 is 0 Å². The molecule has 2 heterocycles. The fourth-order valence-electron chi connectivity index (χ4n) is 1.39. The van der Waals surface area contributed by atoms with E-state index >= 15 is 0 Å². The van der Waals surface area contributed by atoms with Crippen molar-refractivity contribution in [3.63, 3.8) is 0 Å². The van der Waals surface area contributed by atoms with Gasteiger partial charge in [0.25, 0.3) is 0 Å². The maximum absolute atomic E-state index is 11.7. The maximum atomic E-state index is 11.7. The topological polar surface area (TPSA) is 30.2 Å². The molecule has 4 heteroatoms. The van der Waals surface area contributed by atoms with E-state index in [1.807, 2.05) is 0 Å². The molecule has 0 bridgehead atoms. The summed E-state index contributed by atoms with van der Waals surface area (Å²) in [6.07, 6.45) is 2.13. The molecule has 0 saturated carbocycles. The van der Waals surface area contributed by atoms with Crippen molar-refractivity contribution in [3.05, 3.63) is 22.6 Å². The Balaban J connectivity index is 2.12. The van der Waals surface area contributed by atoms with E-state index in [1.54, 1.807) is 23.9 Å². The SMILES string of the molecule is O=C(c1ccc(Br)o1)C1CCCS1. The quantitative estimate of drug-likeness (QED) is 0.766. The van der Waals surface area contributed by atoms with Crippen molar-refractivity contribution < 1.29 is 9.21 Å². The monoisotopic (exact) mass is 260 g/mol. The lowest BCUT2D eigenvalue weighted by Gasteiger charge is -2.03. The Bertz CT molecular complexity index is 315. The molecule has 0 radical (unpaired) electrons. The average Bonchev–Trinajstić information content (AvgIpc) is 2.72. The number of halogens is 1. The summed E-state index contributed by atoms with van der Waals surface area (Å²) in [6, 6.07) is 3.48. The normalized spacial score (nSPS) is 22.1. The van der Waals surface area contributed by atoms with Crippen molar-refractivity contribution in [1.82, 2.24) is 0 Å². The summed E-state index contributed by atoms with van der Waals surface area (Å²) in [7, 11) is 0. The van der Waals surface area contributed by atoms with Crippen LogP contribution in [-0.2, 0) is 0 Å². The summed E-state index contributed by atoms with van der Waals surface area (Å²) in [5.74, 6) is 1.71. The van der Waals surface area contributed by atoms with Gasteiger partial charge in [-0.25, -0.2) is 0 Å². The third-order valence-corrected chi connectivity index (χ3v) is 3.84. The minimum Gasteiger partial charge on any atom is -0.446 e. The first-order chi connectivity index (χ1) is 6.27. The molecule has 1 aliphatic heterocycles. The second-order valence-electron chi connectivity index (χ2n) is 2.97. The van der Waals surface area contributed by atoms with Gasteiger partial charge in [-0.3, -0.25) is 4.79 Å². The van der Waals surface area contributed by atoms with Gasteiger partial charge < -0.3 is 4.42 Å². The van der Waals surface area contributed by atoms with Crippen LogP contribution in [0.15, 0.2) is 21.2 Å². The third-order valence-electron chi connectivity index (χ3n) is 2.04. The highest BCUT2D eigenvalue weighted by molar-refractivity contribution is 9.10. The number of ketones is 1. The molecule has 1 aromatic rings. The van der Waals surface area contributed by atoms with Crippen LogP contribution in [0.3, 0.4) is 0 Å². The zero-order valence-electron chi connectivity index (χ0n) is 6.96. The fraction of sp³-hybridized carbons (Fsp3) is 0.444. The van der Waals surface area contributed by atoms with Crippen LogP contribution in [0.4, 0.5) is 0 Å². The van der Waals surface area contributed by atoms with E-state index in [0.717, 1.165) is 18.6 Å². The molecule has 0 aliphatic carbocycles. The van der Waals surface area contributed by atoms with Crippen LogP contribution in [0.1, 0.15) is 23.4 Å². The Morgan fingerprint density at radius 1 is 1.62 bits per heavy atom. The van der Waals surface area contributed by atoms with Gasteiger partial charge in [0.2, 0.25) is 5.78 Å². The summed E-state index contributed by atoms with van der Waals surface area (Å²) >= 11 is 4.91. The van der Waals surface area contributed by atoms with Crippen LogP contribution < -0.4 is 0 Å². The van der Waals surface area contributed by atoms with Gasteiger partial charge in [-0.2, -0.15) is 11.8 Å². The number of furan rings is 1. The average molecular weight is 261 g/mol. The number of carbonyl (C=O) groups excluding carboxylic acids is 1. The van der Waals surface area contributed by atoms with Crippen LogP contribution in [0.2, 0.25) is 0 Å². The Morgan fingerprint density at radius 2 is 2.46 bits per heavy atom. The van der Waals surface area contributed by atoms with Crippen LogP contribution in [0, 0.1) is 0 Å². The summed E-state index contributed by atoms with van der Waals surface area (Å²) in [4.78, 5) is 11.7. The van der Waals surface area contributed by atoms with Crippen LogP contribution in [-0.4, -0.2) is 16.8 Å². The Morgan fingerprint density at radius 3 is 3.00 bits per heavy atom. The van der Waals surface area contributed by atoms with Crippen LogP contribution >= 0.6 is 27.7 Å².